The molecular formula is C30H33F2N3O6S. The van der Waals surface area contributed by atoms with Crippen LogP contribution in [0.3, 0.4) is 0 Å². The zero-order valence-electron chi connectivity index (χ0n) is 23.4. The molecule has 224 valence electrons. The van der Waals surface area contributed by atoms with E-state index in [-0.39, 0.29) is 24.2 Å². The third-order valence-electron chi connectivity index (χ3n) is 6.80. The number of nitrogens with one attached hydrogen (secondary N) is 1. The third-order valence-corrected chi connectivity index (χ3v) is 7.40. The van der Waals surface area contributed by atoms with E-state index in [1.54, 1.807) is 29.2 Å². The lowest BCUT2D eigenvalue weighted by Gasteiger charge is -2.36. The summed E-state index contributed by atoms with van der Waals surface area (Å²) in [5.41, 5.74) is 1.85. The molecule has 1 aliphatic rings. The Morgan fingerprint density at radius 1 is 1.05 bits per heavy atom. The first kappa shape index (κ1) is 30.8. The molecule has 0 radical (unpaired) electrons. The van der Waals surface area contributed by atoms with Gasteiger partial charge in [0.1, 0.15) is 18.0 Å². The van der Waals surface area contributed by atoms with Gasteiger partial charge in [-0.05, 0) is 42.2 Å². The standard InChI is InChI=1S/C30H33F2N3O6S/c1-40-28-16-27(32)26(31)15-25(28)23-10-12-24(13-11-23)41-20-22-9-6-14-34(18-22)30(37)35(17-21-7-4-3-5-8-21)19-29(36)33-42(2,38)39/h3-5,7-8,10-13,15-16,22H,6,9,14,17-20H2,1-2H3,(H,33,36). The molecule has 1 N–H and O–H groups in total. The minimum absolute atomic E-state index is 0.0251. The predicted molar refractivity (Wildman–Crippen MR) is 153 cm³/mol. The van der Waals surface area contributed by atoms with Gasteiger partial charge in [-0.1, -0.05) is 42.5 Å². The number of hydrogen-bond donors (Lipinski definition) is 1. The van der Waals surface area contributed by atoms with Crippen molar-refractivity contribution in [1.82, 2.24) is 14.5 Å². The van der Waals surface area contributed by atoms with Gasteiger partial charge in [0.25, 0.3) is 5.91 Å². The maximum Gasteiger partial charge on any atom is 0.320 e. The lowest BCUT2D eigenvalue weighted by molar-refractivity contribution is -0.120. The summed E-state index contributed by atoms with van der Waals surface area (Å²) in [5.74, 6) is -1.94. The summed E-state index contributed by atoms with van der Waals surface area (Å²) in [6.07, 6.45) is 2.46. The van der Waals surface area contributed by atoms with Crippen molar-refractivity contribution in [3.8, 4) is 22.6 Å². The smallest absolute Gasteiger partial charge is 0.320 e. The molecule has 0 aromatic heterocycles. The monoisotopic (exact) mass is 601 g/mol. The van der Waals surface area contributed by atoms with Gasteiger partial charge in [-0.2, -0.15) is 0 Å². The van der Waals surface area contributed by atoms with Gasteiger partial charge in [0.05, 0.1) is 20.0 Å². The topological polar surface area (TPSA) is 105 Å². The van der Waals surface area contributed by atoms with Crippen LogP contribution in [-0.2, 0) is 21.4 Å². The predicted octanol–water partition coefficient (Wildman–Crippen LogP) is 4.43. The first-order valence-corrected chi connectivity index (χ1v) is 15.3. The van der Waals surface area contributed by atoms with Crippen LogP contribution >= 0.6 is 0 Å². The van der Waals surface area contributed by atoms with Gasteiger partial charge < -0.3 is 19.3 Å². The van der Waals surface area contributed by atoms with Crippen LogP contribution in [0.2, 0.25) is 0 Å². The second-order valence-corrected chi connectivity index (χ2v) is 11.9. The highest BCUT2D eigenvalue weighted by molar-refractivity contribution is 7.89. The molecule has 1 atom stereocenters. The van der Waals surface area contributed by atoms with E-state index in [4.69, 9.17) is 9.47 Å². The summed E-state index contributed by atoms with van der Waals surface area (Å²) >= 11 is 0. The molecule has 0 bridgehead atoms. The zero-order chi connectivity index (χ0) is 30.3. The average Bonchev–Trinajstić information content (AvgIpc) is 2.96. The number of likely N-dealkylation sites (tertiary alicyclic amines) is 1. The summed E-state index contributed by atoms with van der Waals surface area (Å²) in [7, 11) is -2.38. The molecule has 1 heterocycles. The van der Waals surface area contributed by atoms with Gasteiger partial charge >= 0.3 is 6.03 Å². The van der Waals surface area contributed by atoms with E-state index in [1.807, 2.05) is 35.1 Å². The van der Waals surface area contributed by atoms with Crippen molar-refractivity contribution in [3.63, 3.8) is 0 Å². The summed E-state index contributed by atoms with van der Waals surface area (Å²) in [4.78, 5) is 28.9. The van der Waals surface area contributed by atoms with Gasteiger partial charge in [-0.3, -0.25) is 9.52 Å². The molecule has 1 unspecified atom stereocenters. The lowest BCUT2D eigenvalue weighted by Crippen LogP contribution is -2.51. The quantitative estimate of drug-likeness (QED) is 0.369. The molecule has 9 nitrogen and oxygen atoms in total. The van der Waals surface area contributed by atoms with Crippen molar-refractivity contribution in [2.45, 2.75) is 19.4 Å². The lowest BCUT2D eigenvalue weighted by atomic mass is 9.99. The highest BCUT2D eigenvalue weighted by Gasteiger charge is 2.29. The van der Waals surface area contributed by atoms with Gasteiger partial charge in [0, 0.05) is 37.2 Å². The van der Waals surface area contributed by atoms with Crippen molar-refractivity contribution >= 4 is 22.0 Å². The summed E-state index contributed by atoms with van der Waals surface area (Å²) < 4.78 is 63.6. The average molecular weight is 602 g/mol. The SMILES string of the molecule is COc1cc(F)c(F)cc1-c1ccc(OCC2CCCN(C(=O)N(CC(=O)NS(C)(=O)=O)Cc3ccccc3)C2)cc1. The van der Waals surface area contributed by atoms with E-state index in [0.717, 1.165) is 36.8 Å². The maximum absolute atomic E-state index is 13.8. The van der Waals surface area contributed by atoms with Crippen molar-refractivity contribution in [3.05, 3.63) is 83.9 Å². The molecule has 3 amide bonds. The van der Waals surface area contributed by atoms with Crippen molar-refractivity contribution in [2.24, 2.45) is 5.92 Å². The van der Waals surface area contributed by atoms with Gasteiger partial charge in [-0.15, -0.1) is 0 Å². The number of nitrogens with zero attached hydrogens (tertiary/aromatic N) is 2. The fraction of sp³-hybridized carbons (Fsp3) is 0.333. The molecule has 1 saturated heterocycles. The highest BCUT2D eigenvalue weighted by Crippen LogP contribution is 2.33. The number of sulfonamides is 1. The Labute approximate surface area is 244 Å². The molecule has 0 saturated carbocycles. The molecule has 1 fully saturated rings. The van der Waals surface area contributed by atoms with E-state index in [9.17, 15) is 26.8 Å². The number of methoxy groups -OCH3 is 1. The molecule has 12 heteroatoms. The number of urea groups is 1. The normalized spacial score (nSPS) is 15.1. The molecular weight excluding hydrogens is 568 g/mol. The van der Waals surface area contributed by atoms with Gasteiger partial charge in [0.15, 0.2) is 11.6 Å². The van der Waals surface area contributed by atoms with E-state index >= 15 is 0 Å². The largest absolute Gasteiger partial charge is 0.496 e. The summed E-state index contributed by atoms with van der Waals surface area (Å²) in [6, 6.07) is 17.8. The van der Waals surface area contributed by atoms with Crippen molar-refractivity contribution in [2.75, 3.05) is 39.6 Å². The Hall–Kier alpha value is -4.19. The van der Waals surface area contributed by atoms with Crippen molar-refractivity contribution in [1.29, 1.82) is 0 Å². The van der Waals surface area contributed by atoms with Gasteiger partial charge in [0.2, 0.25) is 10.0 Å². The Bertz CT molecular complexity index is 1500. The second-order valence-electron chi connectivity index (χ2n) is 10.2. The highest BCUT2D eigenvalue weighted by atomic mass is 32.2. The maximum atomic E-state index is 13.8. The molecule has 4 rings (SSSR count). The van der Waals surface area contributed by atoms with E-state index in [2.05, 4.69) is 0 Å². The number of benzene rings is 3. The Balaban J connectivity index is 1.39. The third kappa shape index (κ3) is 8.41. The first-order valence-electron chi connectivity index (χ1n) is 13.4. The minimum Gasteiger partial charge on any atom is -0.496 e. The van der Waals surface area contributed by atoms with Crippen LogP contribution in [0.5, 0.6) is 11.5 Å². The summed E-state index contributed by atoms with van der Waals surface area (Å²) in [6.45, 7) is 0.975. The first-order chi connectivity index (χ1) is 20.0. The number of ether oxygens (including phenoxy) is 2. The second kappa shape index (κ2) is 13.6. The number of halogens is 2. The van der Waals surface area contributed by atoms with Crippen LogP contribution in [-0.4, -0.2) is 69.8 Å². The zero-order valence-corrected chi connectivity index (χ0v) is 24.2. The van der Waals surface area contributed by atoms with Crippen LogP contribution in [0.4, 0.5) is 13.6 Å². The summed E-state index contributed by atoms with van der Waals surface area (Å²) in [5, 5.41) is 0. The van der Waals surface area contributed by atoms with Crippen LogP contribution in [0, 0.1) is 17.6 Å². The fourth-order valence-electron chi connectivity index (χ4n) is 4.85. The number of carbonyl (C=O) groups is 2. The van der Waals surface area contributed by atoms with E-state index in [1.165, 1.54) is 12.0 Å². The van der Waals surface area contributed by atoms with Crippen LogP contribution < -0.4 is 14.2 Å². The Morgan fingerprint density at radius 3 is 2.40 bits per heavy atom. The van der Waals surface area contributed by atoms with E-state index in [0.29, 0.717) is 36.6 Å². The Morgan fingerprint density at radius 2 is 1.74 bits per heavy atom. The van der Waals surface area contributed by atoms with Crippen LogP contribution in [0.15, 0.2) is 66.7 Å². The molecule has 0 spiro atoms. The molecule has 3 aromatic carbocycles. The minimum atomic E-state index is -3.77. The molecule has 3 aromatic rings. The van der Waals surface area contributed by atoms with Crippen LogP contribution in [0.25, 0.3) is 11.1 Å². The van der Waals surface area contributed by atoms with E-state index < -0.39 is 34.1 Å². The number of rotatable bonds is 10. The number of piperidine rings is 1. The number of carbonyl (C=O) groups excluding carboxylic acids is 2. The molecule has 42 heavy (non-hydrogen) atoms. The van der Waals surface area contributed by atoms with Gasteiger partial charge in [-0.25, -0.2) is 22.0 Å². The molecule has 0 aliphatic carbocycles. The van der Waals surface area contributed by atoms with Crippen LogP contribution in [0.1, 0.15) is 18.4 Å². The van der Waals surface area contributed by atoms with Crippen molar-refractivity contribution < 1.29 is 36.3 Å². The molecule has 1 aliphatic heterocycles. The fourth-order valence-corrected chi connectivity index (χ4v) is 5.33. The Kier molecular flexibility index (Phi) is 10.00. The number of hydrogen-bond acceptors (Lipinski definition) is 6. The number of amides is 3.